The van der Waals surface area contributed by atoms with Gasteiger partial charge >= 0.3 is 0 Å². The number of nitrogens with zero attached hydrogens (tertiary/aromatic N) is 1. The van der Waals surface area contributed by atoms with E-state index in [1.807, 2.05) is 21.1 Å². The molecule has 0 aliphatic heterocycles. The Morgan fingerprint density at radius 3 is 1.88 bits per heavy atom. The fourth-order valence-electron chi connectivity index (χ4n) is 0.469. The van der Waals surface area contributed by atoms with Gasteiger partial charge in [0.25, 0.3) is 0 Å². The highest BCUT2D eigenvalue weighted by molar-refractivity contribution is 7.59. The normalized spacial score (nSPS) is 16.1. The smallest absolute Gasteiger partial charge is 0.0815 e. The van der Waals surface area contributed by atoms with Gasteiger partial charge in [0, 0.05) is 0 Å². The standard InChI is InChI=1S/C5H13NOS/c1-6(2,3)4-5(7)8/h5,7H,4H2,1-3H3. The highest BCUT2D eigenvalue weighted by atomic mass is 32.1. The monoisotopic (exact) mass is 135 g/mol. The summed E-state index contributed by atoms with van der Waals surface area (Å²) in [6.45, 7) is 0.634. The van der Waals surface area contributed by atoms with Gasteiger partial charge in [0.05, 0.1) is 27.7 Å². The van der Waals surface area contributed by atoms with Crippen molar-refractivity contribution in [1.82, 2.24) is 0 Å². The van der Waals surface area contributed by atoms with Gasteiger partial charge in [0.1, 0.15) is 0 Å². The first-order chi connectivity index (χ1) is 3.42. The number of rotatable bonds is 2. The molecule has 0 radical (unpaired) electrons. The third-order valence-electron chi connectivity index (χ3n) is 0.704. The van der Waals surface area contributed by atoms with Gasteiger partial charge in [-0.15, -0.1) is 0 Å². The van der Waals surface area contributed by atoms with Gasteiger partial charge in [-0.05, 0) is 5.44 Å². The largest absolute Gasteiger partial charge is 0.756 e. The van der Waals surface area contributed by atoms with Gasteiger partial charge in [-0.1, -0.05) is 0 Å². The summed E-state index contributed by atoms with van der Waals surface area (Å²) in [6.07, 6.45) is 0. The predicted molar refractivity (Wildman–Crippen MR) is 36.3 cm³/mol. The molecule has 0 saturated carbocycles. The van der Waals surface area contributed by atoms with Crippen LogP contribution >= 0.6 is 0 Å². The lowest BCUT2D eigenvalue weighted by Crippen LogP contribution is -2.40. The van der Waals surface area contributed by atoms with Crippen LogP contribution in [0.1, 0.15) is 0 Å². The fourth-order valence-corrected chi connectivity index (χ4v) is 0.916. The summed E-state index contributed by atoms with van der Waals surface area (Å²) in [5, 5.41) is 8.69. The molecule has 0 heterocycles. The molecule has 0 bridgehead atoms. The van der Waals surface area contributed by atoms with E-state index in [4.69, 9.17) is 5.11 Å². The number of quaternary nitrogens is 1. The van der Waals surface area contributed by atoms with Crippen molar-refractivity contribution < 1.29 is 9.59 Å². The molecule has 0 aliphatic carbocycles. The Morgan fingerprint density at radius 2 is 1.88 bits per heavy atom. The third kappa shape index (κ3) is 6.27. The maximum Gasteiger partial charge on any atom is 0.0815 e. The van der Waals surface area contributed by atoms with Crippen LogP contribution in [0.4, 0.5) is 0 Å². The van der Waals surface area contributed by atoms with Gasteiger partial charge in [0.2, 0.25) is 0 Å². The number of hydrogen-bond donors (Lipinski definition) is 1. The van der Waals surface area contributed by atoms with Crippen molar-refractivity contribution >= 4 is 12.6 Å². The minimum absolute atomic E-state index is 0.602. The lowest BCUT2D eigenvalue weighted by Gasteiger charge is -2.29. The van der Waals surface area contributed by atoms with E-state index in [0.717, 1.165) is 4.48 Å². The van der Waals surface area contributed by atoms with Crippen molar-refractivity contribution in [1.29, 1.82) is 0 Å². The molecule has 50 valence electrons. The zero-order chi connectivity index (χ0) is 6.78. The van der Waals surface area contributed by atoms with Crippen molar-refractivity contribution in [2.75, 3.05) is 27.7 Å². The molecule has 0 amide bonds. The number of likely N-dealkylation sites (N-methyl/N-ethyl adjacent to an activating group) is 1. The second kappa shape index (κ2) is 2.71. The Bertz CT molecular complexity index is 67.3. The summed E-state index contributed by atoms with van der Waals surface area (Å²) in [4.78, 5) is 0. The van der Waals surface area contributed by atoms with Crippen LogP contribution in [0.15, 0.2) is 0 Å². The van der Waals surface area contributed by atoms with Crippen molar-refractivity contribution in [3.63, 3.8) is 0 Å². The lowest BCUT2D eigenvalue weighted by atomic mass is 10.5. The summed E-state index contributed by atoms with van der Waals surface area (Å²) in [5.74, 6) is 0. The first kappa shape index (κ1) is 8.27. The molecule has 0 aliphatic rings. The van der Waals surface area contributed by atoms with Crippen LogP contribution in [0.2, 0.25) is 0 Å². The van der Waals surface area contributed by atoms with E-state index in [1.165, 1.54) is 0 Å². The Hall–Kier alpha value is 0.270. The van der Waals surface area contributed by atoms with Crippen molar-refractivity contribution in [3.05, 3.63) is 0 Å². The molecule has 1 atom stereocenters. The first-order valence-electron chi connectivity index (χ1n) is 2.56. The van der Waals surface area contributed by atoms with Crippen LogP contribution in [0.5, 0.6) is 0 Å². The SMILES string of the molecule is C[N+](C)(C)CC(O)[S-]. The molecule has 8 heavy (non-hydrogen) atoms. The maximum absolute atomic E-state index is 8.69. The summed E-state index contributed by atoms with van der Waals surface area (Å²) in [7, 11) is 5.99. The molecule has 1 N–H and O–H groups in total. The molecule has 1 unspecified atom stereocenters. The van der Waals surface area contributed by atoms with E-state index in [0.29, 0.717) is 6.54 Å². The Kier molecular flexibility index (Phi) is 2.80. The molecule has 0 aromatic carbocycles. The number of hydrogen-bond acceptors (Lipinski definition) is 2. The highest BCUT2D eigenvalue weighted by Gasteiger charge is 2.04. The van der Waals surface area contributed by atoms with E-state index >= 15 is 0 Å². The third-order valence-corrected chi connectivity index (χ3v) is 0.853. The van der Waals surface area contributed by atoms with Crippen LogP contribution in [-0.2, 0) is 12.6 Å². The van der Waals surface area contributed by atoms with Crippen molar-refractivity contribution in [3.8, 4) is 0 Å². The molecule has 0 spiro atoms. The molecule has 0 rings (SSSR count). The highest BCUT2D eigenvalue weighted by Crippen LogP contribution is 1.91. The molecule has 0 aromatic rings. The zero-order valence-corrected chi connectivity index (χ0v) is 6.40. The molecule has 0 aromatic heterocycles. The van der Waals surface area contributed by atoms with Gasteiger partial charge in [-0.2, -0.15) is 0 Å². The summed E-state index contributed by atoms with van der Waals surface area (Å²) >= 11 is 4.57. The minimum Gasteiger partial charge on any atom is -0.756 e. The van der Waals surface area contributed by atoms with Crippen molar-refractivity contribution in [2.24, 2.45) is 0 Å². The summed E-state index contributed by atoms with van der Waals surface area (Å²) < 4.78 is 0.727. The molecule has 0 fully saturated rings. The van der Waals surface area contributed by atoms with Crippen LogP contribution in [-0.4, -0.2) is 42.7 Å². The van der Waals surface area contributed by atoms with Crippen molar-refractivity contribution in [2.45, 2.75) is 5.44 Å². The summed E-state index contributed by atoms with van der Waals surface area (Å²) in [6, 6.07) is 0. The minimum atomic E-state index is -0.602. The second-order valence-corrected chi connectivity index (χ2v) is 3.47. The molecular weight excluding hydrogens is 122 g/mol. The number of aliphatic hydroxyl groups is 1. The quantitative estimate of drug-likeness (QED) is 0.409. The van der Waals surface area contributed by atoms with Crippen LogP contribution < -0.4 is 0 Å². The summed E-state index contributed by atoms with van der Waals surface area (Å²) in [5.41, 5.74) is -0.602. The van der Waals surface area contributed by atoms with E-state index in [1.54, 1.807) is 0 Å². The van der Waals surface area contributed by atoms with E-state index in [9.17, 15) is 0 Å². The van der Waals surface area contributed by atoms with Crippen LogP contribution in [0, 0.1) is 0 Å². The average molecular weight is 135 g/mol. The Labute approximate surface area is 56.1 Å². The Balaban J connectivity index is 3.39. The topological polar surface area (TPSA) is 20.2 Å². The molecule has 3 heteroatoms. The fraction of sp³-hybridized carbons (Fsp3) is 1.00. The number of aliphatic hydroxyl groups excluding tert-OH is 1. The van der Waals surface area contributed by atoms with Crippen LogP contribution in [0.25, 0.3) is 0 Å². The van der Waals surface area contributed by atoms with E-state index in [-0.39, 0.29) is 0 Å². The Morgan fingerprint density at radius 1 is 1.50 bits per heavy atom. The zero-order valence-electron chi connectivity index (χ0n) is 5.59. The van der Waals surface area contributed by atoms with Gasteiger partial charge in [-0.25, -0.2) is 0 Å². The maximum atomic E-state index is 8.69. The molecule has 2 nitrogen and oxygen atoms in total. The molecule has 0 saturated heterocycles. The predicted octanol–water partition coefficient (Wildman–Crippen LogP) is -0.442. The average Bonchev–Trinajstić information content (AvgIpc) is 1.21. The first-order valence-corrected chi connectivity index (χ1v) is 3.03. The van der Waals surface area contributed by atoms with Gasteiger partial charge < -0.3 is 22.2 Å². The van der Waals surface area contributed by atoms with E-state index < -0.39 is 5.44 Å². The lowest BCUT2D eigenvalue weighted by molar-refractivity contribution is -0.871. The second-order valence-electron chi connectivity index (χ2n) is 2.93. The van der Waals surface area contributed by atoms with Gasteiger partial charge in [0.15, 0.2) is 0 Å². The molecular formula is C5H13NOS. The van der Waals surface area contributed by atoms with E-state index in [2.05, 4.69) is 12.6 Å². The van der Waals surface area contributed by atoms with Gasteiger partial charge in [-0.3, -0.25) is 0 Å². The van der Waals surface area contributed by atoms with Crippen LogP contribution in [0.3, 0.4) is 0 Å².